The molecule has 3 N–H and O–H groups in total. The number of nitrogen functional groups attached to an aromatic ring is 1. The Kier molecular flexibility index (Phi) is 5.81. The Bertz CT molecular complexity index is 1700. The monoisotopic (exact) mass is 557 g/mol. The zero-order valence-corrected chi connectivity index (χ0v) is 23.0. The predicted octanol–water partition coefficient (Wildman–Crippen LogP) is 4.03. The van der Waals surface area contributed by atoms with E-state index in [-0.39, 0.29) is 34.7 Å². The molecule has 0 radical (unpaired) electrons. The average Bonchev–Trinajstić information content (AvgIpc) is 3.58. The van der Waals surface area contributed by atoms with Gasteiger partial charge in [0, 0.05) is 53.2 Å². The normalized spacial score (nSPS) is 22.5. The molecule has 0 spiro atoms. The van der Waals surface area contributed by atoms with Crippen molar-refractivity contribution < 1.29 is 13.2 Å². The number of nitrogens with zero attached hydrogens (tertiary/aromatic N) is 5. The number of hydrogen-bond acceptors (Lipinski definition) is 7. The molecule has 3 atom stereocenters. The van der Waals surface area contributed by atoms with Gasteiger partial charge >= 0.3 is 6.03 Å². The van der Waals surface area contributed by atoms with Crippen LogP contribution in [0.2, 0.25) is 0 Å². The number of benzene rings is 1. The fraction of sp³-hybridized carbons (Fsp3) is 0.379. The van der Waals surface area contributed by atoms with Gasteiger partial charge in [0.2, 0.25) is 0 Å². The molecule has 11 heteroatoms. The van der Waals surface area contributed by atoms with Crippen molar-refractivity contribution in [2.75, 3.05) is 12.0 Å². The summed E-state index contributed by atoms with van der Waals surface area (Å²) in [5, 5.41) is 7.54. The topological polar surface area (TPSA) is 136 Å². The highest BCUT2D eigenvalue weighted by Gasteiger charge is 2.46. The van der Waals surface area contributed by atoms with Crippen LogP contribution in [-0.4, -0.2) is 63.3 Å². The third-order valence-corrected chi connectivity index (χ3v) is 9.60. The summed E-state index contributed by atoms with van der Waals surface area (Å²) < 4.78 is 27.5. The zero-order chi connectivity index (χ0) is 27.6. The van der Waals surface area contributed by atoms with Crippen molar-refractivity contribution >= 4 is 27.3 Å². The van der Waals surface area contributed by atoms with Gasteiger partial charge in [-0.15, -0.1) is 0 Å². The van der Waals surface area contributed by atoms with Crippen molar-refractivity contribution in [1.82, 2.24) is 29.8 Å². The van der Waals surface area contributed by atoms with E-state index in [9.17, 15) is 13.2 Å². The number of nitrogens with two attached hydrogens (primary N) is 1. The van der Waals surface area contributed by atoms with Gasteiger partial charge in [-0.3, -0.25) is 4.98 Å². The number of hydrogen-bond donors (Lipinski definition) is 2. The lowest BCUT2D eigenvalue weighted by Gasteiger charge is -2.39. The minimum Gasteiger partial charge on any atom is -0.382 e. The van der Waals surface area contributed by atoms with E-state index in [2.05, 4.69) is 15.4 Å². The van der Waals surface area contributed by atoms with Gasteiger partial charge in [0.15, 0.2) is 15.5 Å². The number of carbonyl (C=O) groups is 1. The summed E-state index contributed by atoms with van der Waals surface area (Å²) in [5.74, 6) is -0.0790. The number of urea groups is 1. The summed E-state index contributed by atoms with van der Waals surface area (Å²) >= 11 is 0. The van der Waals surface area contributed by atoms with E-state index >= 15 is 0 Å². The summed E-state index contributed by atoms with van der Waals surface area (Å²) in [6.07, 6.45) is 9.78. The summed E-state index contributed by atoms with van der Waals surface area (Å²) in [5.41, 5.74) is 10.9. The van der Waals surface area contributed by atoms with E-state index in [4.69, 9.17) is 10.7 Å². The number of pyridine rings is 1. The third kappa shape index (κ3) is 4.28. The molecule has 3 fully saturated rings. The van der Waals surface area contributed by atoms with Crippen LogP contribution in [0.3, 0.4) is 0 Å². The lowest BCUT2D eigenvalue weighted by molar-refractivity contribution is 0.136. The maximum atomic E-state index is 13.0. The second-order valence-corrected chi connectivity index (χ2v) is 13.2. The van der Waals surface area contributed by atoms with Crippen molar-refractivity contribution in [3.63, 3.8) is 0 Å². The van der Waals surface area contributed by atoms with Crippen molar-refractivity contribution in [2.24, 2.45) is 0 Å². The molecule has 7 rings (SSSR count). The second-order valence-electron chi connectivity index (χ2n) is 11.3. The lowest BCUT2D eigenvalue weighted by Crippen LogP contribution is -2.51. The molecule has 3 aliphatic rings. The van der Waals surface area contributed by atoms with Crippen molar-refractivity contribution in [1.29, 1.82) is 0 Å². The van der Waals surface area contributed by atoms with E-state index in [0.29, 0.717) is 30.2 Å². The summed E-state index contributed by atoms with van der Waals surface area (Å²) in [4.78, 5) is 24.6. The lowest BCUT2D eigenvalue weighted by atomic mass is 9.88. The standard InChI is InChI=1S/C29H31N7O3S/c1-40(38,39)26-25(19-13-21-10-11-22(14-19)35(21)29(37)33-20-8-9-20)34-28-23(16-32-36(28)27(26)30)18-7-12-24(31-15-18)17-5-3-2-4-6-17/h2-7,12,15-16,19-22H,8-11,13-14,30H2,1H3,(H,33,37)/t19?,21-,22+. The Morgan fingerprint density at radius 3 is 2.33 bits per heavy atom. The van der Waals surface area contributed by atoms with Crippen LogP contribution in [0.15, 0.2) is 59.8 Å². The molecule has 2 aliphatic heterocycles. The molecule has 206 valence electrons. The first-order valence-electron chi connectivity index (χ1n) is 13.8. The quantitative estimate of drug-likeness (QED) is 0.378. The minimum atomic E-state index is -3.70. The maximum absolute atomic E-state index is 13.0. The van der Waals surface area contributed by atoms with Gasteiger partial charge < -0.3 is 16.0 Å². The first-order valence-corrected chi connectivity index (χ1v) is 15.6. The molecule has 1 saturated carbocycles. The molecule has 1 aromatic carbocycles. The third-order valence-electron chi connectivity index (χ3n) is 8.44. The van der Waals surface area contributed by atoms with Crippen molar-refractivity contribution in [3.8, 4) is 22.4 Å². The number of fused-ring (bicyclic) bond motifs is 3. The van der Waals surface area contributed by atoms with Crippen LogP contribution in [0.25, 0.3) is 28.0 Å². The van der Waals surface area contributed by atoms with E-state index < -0.39 is 9.84 Å². The van der Waals surface area contributed by atoms with Crippen LogP contribution in [-0.2, 0) is 9.84 Å². The van der Waals surface area contributed by atoms with Crippen LogP contribution >= 0.6 is 0 Å². The highest BCUT2D eigenvalue weighted by Crippen LogP contribution is 2.45. The number of anilines is 1. The van der Waals surface area contributed by atoms with Gasteiger partial charge in [-0.25, -0.2) is 18.2 Å². The molecule has 5 heterocycles. The number of rotatable bonds is 5. The highest BCUT2D eigenvalue weighted by atomic mass is 32.2. The van der Waals surface area contributed by atoms with Crippen LogP contribution in [0.5, 0.6) is 0 Å². The van der Waals surface area contributed by atoms with Crippen LogP contribution in [0.1, 0.15) is 50.1 Å². The molecule has 40 heavy (non-hydrogen) atoms. The summed E-state index contributed by atoms with van der Waals surface area (Å²) in [6, 6.07) is 14.2. The molecule has 2 amide bonds. The van der Waals surface area contributed by atoms with Gasteiger partial charge in [-0.1, -0.05) is 36.4 Å². The Morgan fingerprint density at radius 1 is 0.975 bits per heavy atom. The predicted molar refractivity (Wildman–Crippen MR) is 151 cm³/mol. The zero-order valence-electron chi connectivity index (χ0n) is 22.2. The number of sulfone groups is 1. The van der Waals surface area contributed by atoms with Gasteiger partial charge in [0.1, 0.15) is 10.7 Å². The van der Waals surface area contributed by atoms with Gasteiger partial charge in [0.05, 0.1) is 17.6 Å². The van der Waals surface area contributed by atoms with Crippen molar-refractivity contribution in [3.05, 3.63) is 60.6 Å². The molecule has 10 nitrogen and oxygen atoms in total. The smallest absolute Gasteiger partial charge is 0.318 e. The molecule has 1 aliphatic carbocycles. The SMILES string of the molecule is CS(=O)(=O)c1c(C2C[C@H]3CC[C@@H](C2)N3C(=O)NC2CC2)nc2c(-c3ccc(-c4ccccc4)nc3)cnn2c1N. The maximum Gasteiger partial charge on any atom is 0.318 e. The van der Waals surface area contributed by atoms with E-state index in [1.165, 1.54) is 10.8 Å². The van der Waals surface area contributed by atoms with E-state index in [0.717, 1.165) is 48.1 Å². The van der Waals surface area contributed by atoms with Crippen LogP contribution < -0.4 is 11.1 Å². The Hall–Kier alpha value is -3.99. The molecular weight excluding hydrogens is 526 g/mol. The molecule has 1 unspecified atom stereocenters. The van der Waals surface area contributed by atoms with Crippen LogP contribution in [0.4, 0.5) is 10.6 Å². The number of nitrogens with one attached hydrogen (secondary N) is 1. The Balaban J connectivity index is 1.27. The first-order chi connectivity index (χ1) is 19.3. The largest absolute Gasteiger partial charge is 0.382 e. The molecule has 4 aromatic rings. The fourth-order valence-electron chi connectivity index (χ4n) is 6.42. The summed E-state index contributed by atoms with van der Waals surface area (Å²) in [6.45, 7) is 0. The number of aromatic nitrogens is 4. The summed E-state index contributed by atoms with van der Waals surface area (Å²) in [7, 11) is -3.70. The molecule has 2 saturated heterocycles. The molecule has 3 aromatic heterocycles. The molecular formula is C29H31N7O3S. The van der Waals surface area contributed by atoms with Gasteiger partial charge in [0.25, 0.3) is 0 Å². The van der Waals surface area contributed by atoms with Gasteiger partial charge in [-0.05, 0) is 44.6 Å². The number of carbonyl (C=O) groups excluding carboxylic acids is 1. The number of amides is 2. The van der Waals surface area contributed by atoms with Gasteiger partial charge in [-0.2, -0.15) is 9.61 Å². The molecule has 2 bridgehead atoms. The van der Waals surface area contributed by atoms with Crippen LogP contribution in [0, 0.1) is 0 Å². The second kappa shape index (κ2) is 9.29. The number of piperidine rings is 1. The first kappa shape index (κ1) is 25.0. The Morgan fingerprint density at radius 2 is 1.70 bits per heavy atom. The average molecular weight is 558 g/mol. The van der Waals surface area contributed by atoms with E-state index in [1.54, 1.807) is 12.4 Å². The minimum absolute atomic E-state index is 0.00392. The highest BCUT2D eigenvalue weighted by molar-refractivity contribution is 7.91. The fourth-order valence-corrected chi connectivity index (χ4v) is 7.48. The van der Waals surface area contributed by atoms with Crippen molar-refractivity contribution in [2.45, 2.75) is 67.5 Å². The Labute approximate surface area is 232 Å². The van der Waals surface area contributed by atoms with E-state index in [1.807, 2.05) is 47.4 Å².